The Kier molecular flexibility index (Phi) is 4.55. The SMILES string of the molecule is O=S(=O)(Nc1ccccc1C(F)(F)F)c1cnc(Cl)c(Cl)c1. The van der Waals surface area contributed by atoms with Gasteiger partial charge in [0, 0.05) is 6.20 Å². The number of rotatable bonds is 3. The molecule has 2 aromatic rings. The number of benzene rings is 1. The summed E-state index contributed by atoms with van der Waals surface area (Å²) < 4.78 is 64.7. The van der Waals surface area contributed by atoms with Crippen LogP contribution in [0.25, 0.3) is 0 Å². The summed E-state index contributed by atoms with van der Waals surface area (Å²) >= 11 is 11.2. The molecule has 118 valence electrons. The molecule has 0 aliphatic heterocycles. The molecule has 1 aromatic heterocycles. The topological polar surface area (TPSA) is 59.1 Å². The van der Waals surface area contributed by atoms with Gasteiger partial charge in [-0.25, -0.2) is 13.4 Å². The maximum Gasteiger partial charge on any atom is 0.418 e. The Bertz CT molecular complexity index is 810. The van der Waals surface area contributed by atoms with Crippen LogP contribution in [0.2, 0.25) is 10.2 Å². The number of aromatic nitrogens is 1. The number of para-hydroxylation sites is 1. The van der Waals surface area contributed by atoms with Crippen LogP contribution in [-0.2, 0) is 16.2 Å². The van der Waals surface area contributed by atoms with E-state index in [1.54, 1.807) is 0 Å². The van der Waals surface area contributed by atoms with E-state index >= 15 is 0 Å². The lowest BCUT2D eigenvalue weighted by Gasteiger charge is -2.14. The molecule has 1 aromatic carbocycles. The first-order chi connectivity index (χ1) is 10.1. The highest BCUT2D eigenvalue weighted by Crippen LogP contribution is 2.35. The van der Waals surface area contributed by atoms with E-state index in [1.807, 2.05) is 4.72 Å². The van der Waals surface area contributed by atoms with Crippen molar-refractivity contribution in [3.05, 3.63) is 52.3 Å². The fourth-order valence-corrected chi connectivity index (χ4v) is 2.96. The lowest BCUT2D eigenvalue weighted by Crippen LogP contribution is -2.17. The molecule has 2 rings (SSSR count). The van der Waals surface area contributed by atoms with Crippen LogP contribution in [0.3, 0.4) is 0 Å². The van der Waals surface area contributed by atoms with Crippen molar-refractivity contribution in [2.75, 3.05) is 4.72 Å². The standard InChI is InChI=1S/C12H7Cl2F3N2O2S/c13-9-5-7(6-18-11(9)14)22(20,21)19-10-4-2-1-3-8(10)12(15,16)17/h1-6,19H. The Labute approximate surface area is 133 Å². The zero-order chi connectivity index (χ0) is 16.5. The summed E-state index contributed by atoms with van der Waals surface area (Å²) in [5.74, 6) is 0. The fraction of sp³-hybridized carbons (Fsp3) is 0.0833. The molecule has 0 atom stereocenters. The Balaban J connectivity index is 2.44. The minimum Gasteiger partial charge on any atom is -0.279 e. The second kappa shape index (κ2) is 5.94. The molecule has 0 unspecified atom stereocenters. The smallest absolute Gasteiger partial charge is 0.279 e. The van der Waals surface area contributed by atoms with Crippen molar-refractivity contribution in [2.24, 2.45) is 0 Å². The summed E-state index contributed by atoms with van der Waals surface area (Å²) in [6, 6.07) is 5.20. The van der Waals surface area contributed by atoms with E-state index in [2.05, 4.69) is 4.98 Å². The molecule has 4 nitrogen and oxygen atoms in total. The molecule has 0 aliphatic carbocycles. The number of nitrogens with one attached hydrogen (secondary N) is 1. The van der Waals surface area contributed by atoms with E-state index in [4.69, 9.17) is 23.2 Å². The predicted molar refractivity (Wildman–Crippen MR) is 76.5 cm³/mol. The molecule has 0 aliphatic rings. The van der Waals surface area contributed by atoms with E-state index in [-0.39, 0.29) is 10.2 Å². The van der Waals surface area contributed by atoms with Crippen molar-refractivity contribution in [1.82, 2.24) is 4.98 Å². The van der Waals surface area contributed by atoms with Crippen molar-refractivity contribution in [1.29, 1.82) is 0 Å². The molecular formula is C12H7Cl2F3N2O2S. The van der Waals surface area contributed by atoms with Gasteiger partial charge < -0.3 is 0 Å². The molecule has 0 radical (unpaired) electrons. The lowest BCUT2D eigenvalue weighted by atomic mass is 10.2. The van der Waals surface area contributed by atoms with Gasteiger partial charge in [-0.15, -0.1) is 0 Å². The zero-order valence-corrected chi connectivity index (χ0v) is 12.9. The van der Waals surface area contributed by atoms with Gasteiger partial charge >= 0.3 is 6.18 Å². The third kappa shape index (κ3) is 3.63. The van der Waals surface area contributed by atoms with Crippen LogP contribution >= 0.6 is 23.2 Å². The zero-order valence-electron chi connectivity index (χ0n) is 10.5. The quantitative estimate of drug-likeness (QED) is 0.823. The third-order valence-corrected chi connectivity index (χ3v) is 4.58. The highest BCUT2D eigenvalue weighted by Gasteiger charge is 2.34. The van der Waals surface area contributed by atoms with Crippen molar-refractivity contribution in [3.63, 3.8) is 0 Å². The first-order valence-corrected chi connectivity index (χ1v) is 7.85. The van der Waals surface area contributed by atoms with Gasteiger partial charge in [0.15, 0.2) is 0 Å². The van der Waals surface area contributed by atoms with Gasteiger partial charge in [-0.1, -0.05) is 35.3 Å². The molecule has 22 heavy (non-hydrogen) atoms. The van der Waals surface area contributed by atoms with E-state index in [1.165, 1.54) is 6.07 Å². The van der Waals surface area contributed by atoms with Crippen molar-refractivity contribution in [3.8, 4) is 0 Å². The predicted octanol–water partition coefficient (Wildman–Crippen LogP) is 4.21. The number of hydrogen-bond donors (Lipinski definition) is 1. The lowest BCUT2D eigenvalue weighted by molar-refractivity contribution is -0.136. The highest BCUT2D eigenvalue weighted by molar-refractivity contribution is 7.92. The van der Waals surface area contributed by atoms with Crippen LogP contribution in [0.15, 0.2) is 41.4 Å². The summed E-state index contributed by atoms with van der Waals surface area (Å²) in [7, 11) is -4.29. The van der Waals surface area contributed by atoms with E-state index in [9.17, 15) is 21.6 Å². The Hall–Kier alpha value is -1.51. The van der Waals surface area contributed by atoms with Gasteiger partial charge in [-0.05, 0) is 18.2 Å². The average molecular weight is 371 g/mol. The molecule has 0 saturated heterocycles. The van der Waals surface area contributed by atoms with Crippen molar-refractivity contribution in [2.45, 2.75) is 11.1 Å². The molecule has 0 amide bonds. The number of halogens is 5. The summed E-state index contributed by atoms with van der Waals surface area (Å²) in [5.41, 5.74) is -1.70. The monoisotopic (exact) mass is 370 g/mol. The van der Waals surface area contributed by atoms with E-state index in [0.29, 0.717) is 0 Å². The second-order valence-corrected chi connectivity index (χ2v) is 6.54. The van der Waals surface area contributed by atoms with Gasteiger partial charge in [0.2, 0.25) is 0 Å². The van der Waals surface area contributed by atoms with Crippen LogP contribution in [0, 0.1) is 0 Å². The van der Waals surface area contributed by atoms with Gasteiger partial charge in [0.25, 0.3) is 10.0 Å². The maximum atomic E-state index is 12.9. The summed E-state index contributed by atoms with van der Waals surface area (Å²) in [6.45, 7) is 0. The van der Waals surface area contributed by atoms with Crippen molar-refractivity contribution < 1.29 is 21.6 Å². The van der Waals surface area contributed by atoms with Crippen LogP contribution < -0.4 is 4.72 Å². The summed E-state index contributed by atoms with van der Waals surface area (Å²) in [5, 5.41) is -0.245. The molecule has 0 bridgehead atoms. The van der Waals surface area contributed by atoms with Crippen LogP contribution in [-0.4, -0.2) is 13.4 Å². The number of sulfonamides is 1. The normalized spacial score (nSPS) is 12.2. The van der Waals surface area contributed by atoms with Crippen molar-refractivity contribution >= 4 is 38.9 Å². The Morgan fingerprint density at radius 2 is 1.77 bits per heavy atom. The molecule has 0 saturated carbocycles. The molecule has 10 heteroatoms. The Morgan fingerprint density at radius 3 is 2.36 bits per heavy atom. The number of alkyl halides is 3. The van der Waals surface area contributed by atoms with E-state index in [0.717, 1.165) is 30.5 Å². The molecule has 0 spiro atoms. The minimum absolute atomic E-state index is 0.115. The molecule has 0 fully saturated rings. The molecular weight excluding hydrogens is 364 g/mol. The number of pyridine rings is 1. The number of hydrogen-bond acceptors (Lipinski definition) is 3. The largest absolute Gasteiger partial charge is 0.418 e. The first kappa shape index (κ1) is 16.9. The Morgan fingerprint density at radius 1 is 1.14 bits per heavy atom. The second-order valence-electron chi connectivity index (χ2n) is 4.09. The van der Waals surface area contributed by atoms with Gasteiger partial charge in [-0.3, -0.25) is 4.72 Å². The maximum absolute atomic E-state index is 12.9. The van der Waals surface area contributed by atoms with E-state index < -0.39 is 32.3 Å². The molecule has 1 N–H and O–H groups in total. The fourth-order valence-electron chi connectivity index (χ4n) is 1.57. The van der Waals surface area contributed by atoms with Crippen LogP contribution in [0.4, 0.5) is 18.9 Å². The number of anilines is 1. The third-order valence-electron chi connectivity index (χ3n) is 2.56. The highest BCUT2D eigenvalue weighted by atomic mass is 35.5. The summed E-state index contributed by atoms with van der Waals surface area (Å²) in [4.78, 5) is 3.15. The minimum atomic E-state index is -4.70. The van der Waals surface area contributed by atoms with Crippen LogP contribution in [0.5, 0.6) is 0 Å². The van der Waals surface area contributed by atoms with Gasteiger partial charge in [-0.2, -0.15) is 13.2 Å². The number of nitrogens with zero attached hydrogens (tertiary/aromatic N) is 1. The van der Waals surface area contributed by atoms with Gasteiger partial charge in [0.1, 0.15) is 10.0 Å². The summed E-state index contributed by atoms with van der Waals surface area (Å²) in [6.07, 6.45) is -3.80. The molecule has 1 heterocycles. The van der Waals surface area contributed by atoms with Crippen LogP contribution in [0.1, 0.15) is 5.56 Å². The van der Waals surface area contributed by atoms with Gasteiger partial charge in [0.05, 0.1) is 16.3 Å². The first-order valence-electron chi connectivity index (χ1n) is 5.61. The average Bonchev–Trinajstić information content (AvgIpc) is 2.40.